The van der Waals surface area contributed by atoms with Gasteiger partial charge in [-0.25, -0.2) is 4.98 Å². The lowest BCUT2D eigenvalue weighted by atomic mass is 10.1. The average molecular weight is 272 g/mol. The highest BCUT2D eigenvalue weighted by molar-refractivity contribution is 5.95. The van der Waals surface area contributed by atoms with E-state index < -0.39 is 0 Å². The van der Waals surface area contributed by atoms with Gasteiger partial charge in [-0.05, 0) is 44.0 Å². The van der Waals surface area contributed by atoms with Crippen LogP contribution in [0.15, 0.2) is 29.4 Å². The summed E-state index contributed by atoms with van der Waals surface area (Å²) in [5.74, 6) is 0.599. The minimum atomic E-state index is -0.0821. The van der Waals surface area contributed by atoms with Gasteiger partial charge in [-0.1, -0.05) is 17.3 Å². The number of oxime groups is 1. The number of hydrogen-bond acceptors (Lipinski definition) is 5. The molecule has 104 valence electrons. The first-order chi connectivity index (χ1) is 9.49. The fraction of sp³-hybridized carbons (Fsp3) is 0.214. The number of nitrogens with two attached hydrogens (primary N) is 1. The molecule has 0 atom stereocenters. The normalized spacial score (nSPS) is 11.4. The Morgan fingerprint density at radius 3 is 2.65 bits per heavy atom. The van der Waals surface area contributed by atoms with Gasteiger partial charge >= 0.3 is 6.01 Å². The monoisotopic (exact) mass is 272 g/mol. The lowest BCUT2D eigenvalue weighted by molar-refractivity contribution is 0.318. The number of benzene rings is 1. The number of nitrogens with zero attached hydrogens (tertiary/aromatic N) is 3. The van der Waals surface area contributed by atoms with E-state index in [4.69, 9.17) is 15.7 Å². The maximum Gasteiger partial charge on any atom is 0.322 e. The zero-order valence-corrected chi connectivity index (χ0v) is 11.6. The van der Waals surface area contributed by atoms with Crippen molar-refractivity contribution in [3.8, 4) is 11.8 Å². The summed E-state index contributed by atoms with van der Waals surface area (Å²) in [6.45, 7) is 5.70. The van der Waals surface area contributed by atoms with E-state index in [1.807, 2.05) is 32.0 Å². The van der Waals surface area contributed by atoms with Crippen LogP contribution in [-0.2, 0) is 0 Å². The van der Waals surface area contributed by atoms with Crippen LogP contribution in [0.4, 0.5) is 0 Å². The van der Waals surface area contributed by atoms with Crippen molar-refractivity contribution < 1.29 is 9.94 Å². The Bertz CT molecular complexity index is 668. The Hall–Kier alpha value is -2.63. The van der Waals surface area contributed by atoms with Crippen LogP contribution < -0.4 is 10.5 Å². The Kier molecular flexibility index (Phi) is 3.84. The molecule has 1 heterocycles. The molecule has 1 aromatic carbocycles. The highest BCUT2D eigenvalue weighted by atomic mass is 16.5. The van der Waals surface area contributed by atoms with E-state index in [9.17, 15) is 0 Å². The molecule has 6 heteroatoms. The molecule has 2 aromatic rings. The molecular formula is C14H16N4O2. The van der Waals surface area contributed by atoms with Gasteiger partial charge in [0.2, 0.25) is 0 Å². The van der Waals surface area contributed by atoms with Crippen molar-refractivity contribution in [2.75, 3.05) is 0 Å². The number of aromatic nitrogens is 2. The summed E-state index contributed by atoms with van der Waals surface area (Å²) in [6.07, 6.45) is 0. The summed E-state index contributed by atoms with van der Waals surface area (Å²) in [4.78, 5) is 8.31. The molecule has 6 nitrogen and oxygen atoms in total. The summed E-state index contributed by atoms with van der Waals surface area (Å²) in [5, 5.41) is 11.6. The van der Waals surface area contributed by atoms with Crippen LogP contribution in [0.1, 0.15) is 22.5 Å². The van der Waals surface area contributed by atoms with Crippen molar-refractivity contribution in [2.24, 2.45) is 10.9 Å². The molecule has 0 fully saturated rings. The summed E-state index contributed by atoms with van der Waals surface area (Å²) in [7, 11) is 0. The Morgan fingerprint density at radius 2 is 1.95 bits per heavy atom. The first-order valence-corrected chi connectivity index (χ1v) is 6.08. The van der Waals surface area contributed by atoms with Gasteiger partial charge in [0, 0.05) is 5.69 Å². The van der Waals surface area contributed by atoms with Crippen molar-refractivity contribution >= 4 is 5.84 Å². The van der Waals surface area contributed by atoms with Crippen molar-refractivity contribution in [2.45, 2.75) is 20.8 Å². The van der Waals surface area contributed by atoms with Gasteiger partial charge in [-0.2, -0.15) is 4.98 Å². The molecule has 0 saturated carbocycles. The molecule has 0 amide bonds. The highest BCUT2D eigenvalue weighted by Crippen LogP contribution is 2.24. The lowest BCUT2D eigenvalue weighted by Crippen LogP contribution is -2.16. The summed E-state index contributed by atoms with van der Waals surface area (Å²) >= 11 is 0. The van der Waals surface area contributed by atoms with Gasteiger partial charge in [-0.3, -0.25) is 0 Å². The second-order valence-corrected chi connectivity index (χ2v) is 4.53. The third-order valence-corrected chi connectivity index (χ3v) is 2.75. The molecule has 3 N–H and O–H groups in total. The number of aryl methyl sites for hydroxylation is 3. The van der Waals surface area contributed by atoms with Crippen molar-refractivity contribution in [1.82, 2.24) is 9.97 Å². The maximum atomic E-state index is 8.70. The second kappa shape index (κ2) is 5.56. The number of amidine groups is 1. The first-order valence-electron chi connectivity index (χ1n) is 6.08. The molecule has 0 unspecified atom stereocenters. The largest absolute Gasteiger partial charge is 0.424 e. The smallest absolute Gasteiger partial charge is 0.322 e. The Labute approximate surface area is 116 Å². The SMILES string of the molecule is Cc1ccc(C)c(Oc2nc(C)cc(/C(N)=N/O)n2)c1. The zero-order chi connectivity index (χ0) is 14.7. The van der Waals surface area contributed by atoms with Crippen molar-refractivity contribution in [1.29, 1.82) is 0 Å². The third-order valence-electron chi connectivity index (χ3n) is 2.75. The predicted octanol–water partition coefficient (Wildman–Crippen LogP) is 2.29. The Morgan fingerprint density at radius 1 is 1.20 bits per heavy atom. The number of rotatable bonds is 3. The molecule has 0 spiro atoms. The van der Waals surface area contributed by atoms with E-state index in [1.165, 1.54) is 0 Å². The van der Waals surface area contributed by atoms with Crippen LogP contribution in [0, 0.1) is 20.8 Å². The zero-order valence-electron chi connectivity index (χ0n) is 11.6. The molecule has 20 heavy (non-hydrogen) atoms. The minimum absolute atomic E-state index is 0.0821. The highest BCUT2D eigenvalue weighted by Gasteiger charge is 2.09. The van der Waals surface area contributed by atoms with Crippen molar-refractivity contribution in [3.63, 3.8) is 0 Å². The molecule has 1 aromatic heterocycles. The van der Waals surface area contributed by atoms with Gasteiger partial charge in [0.05, 0.1) is 0 Å². The van der Waals surface area contributed by atoms with E-state index >= 15 is 0 Å². The van der Waals surface area contributed by atoms with E-state index in [0.717, 1.165) is 11.1 Å². The predicted molar refractivity (Wildman–Crippen MR) is 75.3 cm³/mol. The Balaban J connectivity index is 2.38. The lowest BCUT2D eigenvalue weighted by Gasteiger charge is -2.09. The minimum Gasteiger partial charge on any atom is -0.424 e. The van der Waals surface area contributed by atoms with Crippen LogP contribution in [-0.4, -0.2) is 21.0 Å². The molecule has 0 aliphatic rings. The molecule has 2 rings (SSSR count). The summed E-state index contributed by atoms with van der Waals surface area (Å²) in [6, 6.07) is 7.65. The van der Waals surface area contributed by atoms with Gasteiger partial charge in [0.25, 0.3) is 0 Å². The van der Waals surface area contributed by atoms with Crippen LogP contribution in [0.5, 0.6) is 11.8 Å². The molecule has 0 radical (unpaired) electrons. The fourth-order valence-electron chi connectivity index (χ4n) is 1.69. The molecule has 0 aliphatic heterocycles. The molecule has 0 aliphatic carbocycles. The van der Waals surface area contributed by atoms with Gasteiger partial charge in [-0.15, -0.1) is 0 Å². The maximum absolute atomic E-state index is 8.70. The van der Waals surface area contributed by atoms with Gasteiger partial charge < -0.3 is 15.7 Å². The van der Waals surface area contributed by atoms with E-state index in [2.05, 4.69) is 15.1 Å². The number of ether oxygens (including phenoxy) is 1. The third kappa shape index (κ3) is 3.03. The molecular weight excluding hydrogens is 256 g/mol. The van der Waals surface area contributed by atoms with Gasteiger partial charge in [0.15, 0.2) is 5.84 Å². The number of hydrogen-bond donors (Lipinski definition) is 2. The van der Waals surface area contributed by atoms with E-state index in [1.54, 1.807) is 13.0 Å². The average Bonchev–Trinajstić information content (AvgIpc) is 2.41. The van der Waals surface area contributed by atoms with Gasteiger partial charge in [0.1, 0.15) is 11.4 Å². The summed E-state index contributed by atoms with van der Waals surface area (Å²) < 4.78 is 5.69. The van der Waals surface area contributed by atoms with E-state index in [0.29, 0.717) is 17.1 Å². The quantitative estimate of drug-likeness (QED) is 0.387. The van der Waals surface area contributed by atoms with Crippen LogP contribution in [0.2, 0.25) is 0 Å². The van der Waals surface area contributed by atoms with Crippen LogP contribution in [0.25, 0.3) is 0 Å². The first kappa shape index (κ1) is 13.8. The second-order valence-electron chi connectivity index (χ2n) is 4.53. The van der Waals surface area contributed by atoms with Crippen molar-refractivity contribution in [3.05, 3.63) is 46.8 Å². The molecule has 0 saturated heterocycles. The summed E-state index contributed by atoms with van der Waals surface area (Å²) in [5.41, 5.74) is 8.58. The molecule has 0 bridgehead atoms. The van der Waals surface area contributed by atoms with Crippen LogP contribution >= 0.6 is 0 Å². The topological polar surface area (TPSA) is 93.6 Å². The fourth-order valence-corrected chi connectivity index (χ4v) is 1.69. The standard InChI is InChI=1S/C14H16N4O2/c1-8-4-5-9(2)12(6-8)20-14-16-10(3)7-11(17-14)13(15)18-19/h4-7,19H,1-3H3,(H2,15,18). The van der Waals surface area contributed by atoms with Crippen LogP contribution in [0.3, 0.4) is 0 Å². The van der Waals surface area contributed by atoms with E-state index in [-0.39, 0.29) is 11.8 Å².